The lowest BCUT2D eigenvalue weighted by Gasteiger charge is -2.40. The van der Waals surface area contributed by atoms with Crippen molar-refractivity contribution in [1.29, 1.82) is 0 Å². The van der Waals surface area contributed by atoms with Gasteiger partial charge in [-0.15, -0.1) is 11.6 Å². The molecular formula is C14H18ClF3N2. The van der Waals surface area contributed by atoms with Crippen LogP contribution in [0.3, 0.4) is 0 Å². The lowest BCUT2D eigenvalue weighted by Crippen LogP contribution is -2.50. The Morgan fingerprint density at radius 2 is 2.00 bits per heavy atom. The molecule has 1 aromatic carbocycles. The van der Waals surface area contributed by atoms with Crippen molar-refractivity contribution in [3.05, 3.63) is 29.3 Å². The van der Waals surface area contributed by atoms with Crippen molar-refractivity contribution in [1.82, 2.24) is 4.90 Å². The van der Waals surface area contributed by atoms with Crippen LogP contribution in [0.1, 0.15) is 18.1 Å². The zero-order valence-electron chi connectivity index (χ0n) is 11.5. The molecule has 6 heteroatoms. The Labute approximate surface area is 122 Å². The molecule has 0 amide bonds. The molecule has 2 rings (SSSR count). The second-order valence-corrected chi connectivity index (χ2v) is 5.54. The van der Waals surface area contributed by atoms with Crippen LogP contribution in [0.2, 0.25) is 0 Å². The lowest BCUT2D eigenvalue weighted by atomic mass is 10.1. The summed E-state index contributed by atoms with van der Waals surface area (Å²) in [5, 5.41) is 0. The van der Waals surface area contributed by atoms with Crippen molar-refractivity contribution in [3.8, 4) is 0 Å². The van der Waals surface area contributed by atoms with Crippen LogP contribution in [-0.2, 0) is 12.1 Å². The zero-order chi connectivity index (χ0) is 14.9. The third-order valence-corrected chi connectivity index (χ3v) is 3.99. The number of hydrogen-bond acceptors (Lipinski definition) is 2. The molecule has 1 fully saturated rings. The SMILES string of the molecule is CC1CN(C)CCN1c1ccc(CCl)c(C(F)(F)F)c1. The zero-order valence-corrected chi connectivity index (χ0v) is 12.3. The highest BCUT2D eigenvalue weighted by Crippen LogP contribution is 2.36. The van der Waals surface area contributed by atoms with Gasteiger partial charge >= 0.3 is 6.18 Å². The van der Waals surface area contributed by atoms with Gasteiger partial charge in [0.1, 0.15) is 0 Å². The standard InChI is InChI=1S/C14H18ClF3N2/c1-10-9-19(2)5-6-20(10)12-4-3-11(8-15)13(7-12)14(16,17)18/h3-4,7,10H,5-6,8-9H2,1-2H3. The van der Waals surface area contributed by atoms with E-state index in [4.69, 9.17) is 11.6 Å². The molecule has 0 aromatic heterocycles. The van der Waals surface area contributed by atoms with E-state index in [9.17, 15) is 13.2 Å². The van der Waals surface area contributed by atoms with E-state index in [1.165, 1.54) is 12.1 Å². The third kappa shape index (κ3) is 3.20. The van der Waals surface area contributed by atoms with Gasteiger partial charge in [0.05, 0.1) is 5.56 Å². The molecular weight excluding hydrogens is 289 g/mol. The summed E-state index contributed by atoms with van der Waals surface area (Å²) in [6.07, 6.45) is -4.37. The Hall–Kier alpha value is -0.940. The number of rotatable bonds is 2. The van der Waals surface area contributed by atoms with Gasteiger partial charge in [0, 0.05) is 37.2 Å². The maximum Gasteiger partial charge on any atom is 0.416 e. The first-order chi connectivity index (χ1) is 9.32. The highest BCUT2D eigenvalue weighted by Gasteiger charge is 2.34. The third-order valence-electron chi connectivity index (χ3n) is 3.71. The van der Waals surface area contributed by atoms with Crippen LogP contribution in [0.4, 0.5) is 18.9 Å². The van der Waals surface area contributed by atoms with Gasteiger partial charge in [-0.05, 0) is 31.7 Å². The van der Waals surface area contributed by atoms with E-state index < -0.39 is 11.7 Å². The van der Waals surface area contributed by atoms with Gasteiger partial charge < -0.3 is 9.80 Å². The summed E-state index contributed by atoms with van der Waals surface area (Å²) >= 11 is 5.60. The molecule has 0 spiro atoms. The smallest absolute Gasteiger partial charge is 0.366 e. The normalized spacial score (nSPS) is 21.3. The molecule has 112 valence electrons. The predicted octanol–water partition coefficient (Wildman–Crippen LogP) is 3.58. The highest BCUT2D eigenvalue weighted by molar-refractivity contribution is 6.17. The van der Waals surface area contributed by atoms with Crippen LogP contribution >= 0.6 is 11.6 Å². The first-order valence-corrected chi connectivity index (χ1v) is 7.07. The fourth-order valence-electron chi connectivity index (χ4n) is 2.65. The molecule has 2 nitrogen and oxygen atoms in total. The summed E-state index contributed by atoms with van der Waals surface area (Å²) in [4.78, 5) is 4.20. The van der Waals surface area contributed by atoms with Crippen molar-refractivity contribution in [2.75, 3.05) is 31.6 Å². The minimum atomic E-state index is -4.37. The van der Waals surface area contributed by atoms with Crippen LogP contribution in [0.25, 0.3) is 0 Å². The van der Waals surface area contributed by atoms with Crippen molar-refractivity contribution in [2.45, 2.75) is 25.0 Å². The van der Waals surface area contributed by atoms with Crippen LogP contribution < -0.4 is 4.90 Å². The number of anilines is 1. The summed E-state index contributed by atoms with van der Waals surface area (Å²) in [6.45, 7) is 4.45. The van der Waals surface area contributed by atoms with E-state index in [2.05, 4.69) is 4.90 Å². The molecule has 0 saturated carbocycles. The van der Waals surface area contributed by atoms with Gasteiger partial charge in [-0.1, -0.05) is 6.07 Å². The number of nitrogens with zero attached hydrogens (tertiary/aromatic N) is 2. The number of alkyl halides is 4. The molecule has 0 aliphatic carbocycles. The maximum absolute atomic E-state index is 13.1. The molecule has 20 heavy (non-hydrogen) atoms. The minimum absolute atomic E-state index is 0.129. The summed E-state index contributed by atoms with van der Waals surface area (Å²) in [5.74, 6) is -0.132. The first-order valence-electron chi connectivity index (χ1n) is 6.54. The number of likely N-dealkylation sites (N-methyl/N-ethyl adjacent to an activating group) is 1. The number of hydrogen-bond donors (Lipinski definition) is 0. The van der Waals surface area contributed by atoms with Gasteiger partial charge in [-0.3, -0.25) is 0 Å². The van der Waals surface area contributed by atoms with Gasteiger partial charge in [-0.25, -0.2) is 0 Å². The molecule has 1 unspecified atom stereocenters. The van der Waals surface area contributed by atoms with E-state index in [0.717, 1.165) is 19.6 Å². The summed E-state index contributed by atoms with van der Waals surface area (Å²) in [5.41, 5.74) is 0.118. The molecule has 1 aliphatic heterocycles. The average molecular weight is 307 g/mol. The molecule has 1 aliphatic rings. The van der Waals surface area contributed by atoms with Crippen molar-refractivity contribution in [3.63, 3.8) is 0 Å². The fourth-order valence-corrected chi connectivity index (χ4v) is 2.88. The van der Waals surface area contributed by atoms with Crippen molar-refractivity contribution < 1.29 is 13.2 Å². The second kappa shape index (κ2) is 5.82. The van der Waals surface area contributed by atoms with Crippen molar-refractivity contribution >= 4 is 17.3 Å². The topological polar surface area (TPSA) is 6.48 Å². The average Bonchev–Trinajstić information content (AvgIpc) is 2.37. The van der Waals surface area contributed by atoms with Crippen LogP contribution in [-0.4, -0.2) is 37.6 Å². The van der Waals surface area contributed by atoms with Gasteiger partial charge in [0.25, 0.3) is 0 Å². The maximum atomic E-state index is 13.1. The van der Waals surface area contributed by atoms with Crippen LogP contribution in [0.5, 0.6) is 0 Å². The van der Waals surface area contributed by atoms with Crippen molar-refractivity contribution in [2.24, 2.45) is 0 Å². The molecule has 1 heterocycles. The van der Waals surface area contributed by atoms with E-state index >= 15 is 0 Å². The highest BCUT2D eigenvalue weighted by atomic mass is 35.5. The Morgan fingerprint density at radius 3 is 2.55 bits per heavy atom. The quantitative estimate of drug-likeness (QED) is 0.771. The fraction of sp³-hybridized carbons (Fsp3) is 0.571. The second-order valence-electron chi connectivity index (χ2n) is 5.28. The number of piperazine rings is 1. The van der Waals surface area contributed by atoms with Gasteiger partial charge in [0.2, 0.25) is 0 Å². The Kier molecular flexibility index (Phi) is 4.49. The summed E-state index contributed by atoms with van der Waals surface area (Å²) < 4.78 is 39.2. The molecule has 0 radical (unpaired) electrons. The number of benzene rings is 1. The molecule has 1 aromatic rings. The predicted molar refractivity (Wildman–Crippen MR) is 75.3 cm³/mol. The number of halogens is 4. The van der Waals surface area contributed by atoms with Crippen LogP contribution in [0, 0.1) is 0 Å². The first kappa shape index (κ1) is 15.4. The minimum Gasteiger partial charge on any atom is -0.366 e. The van der Waals surface area contributed by atoms with Gasteiger partial charge in [-0.2, -0.15) is 13.2 Å². The van der Waals surface area contributed by atoms with E-state index in [1.54, 1.807) is 6.07 Å². The van der Waals surface area contributed by atoms with E-state index in [-0.39, 0.29) is 17.5 Å². The van der Waals surface area contributed by atoms with E-state index in [1.807, 2.05) is 18.9 Å². The molecule has 0 N–H and O–H groups in total. The molecule has 0 bridgehead atoms. The molecule has 1 saturated heterocycles. The Morgan fingerprint density at radius 1 is 1.30 bits per heavy atom. The lowest BCUT2D eigenvalue weighted by molar-refractivity contribution is -0.138. The van der Waals surface area contributed by atoms with Gasteiger partial charge in [0.15, 0.2) is 0 Å². The Bertz CT molecular complexity index is 476. The largest absolute Gasteiger partial charge is 0.416 e. The van der Waals surface area contributed by atoms with Crippen LogP contribution in [0.15, 0.2) is 18.2 Å². The monoisotopic (exact) mass is 306 g/mol. The molecule has 1 atom stereocenters. The summed E-state index contributed by atoms with van der Waals surface area (Å²) in [7, 11) is 2.02. The Balaban J connectivity index is 2.34. The van der Waals surface area contributed by atoms with E-state index in [0.29, 0.717) is 5.69 Å². The summed E-state index contributed by atoms with van der Waals surface area (Å²) in [6, 6.07) is 4.63.